The molecule has 2 unspecified atom stereocenters. The van der Waals surface area contributed by atoms with Crippen LogP contribution in [0, 0.1) is 0 Å². The predicted octanol–water partition coefficient (Wildman–Crippen LogP) is 0.318. The van der Waals surface area contributed by atoms with E-state index in [-0.39, 0.29) is 18.7 Å². The number of hydrogen-bond donors (Lipinski definition) is 4. The lowest BCUT2D eigenvalue weighted by Crippen LogP contribution is -2.19. The molecule has 1 heterocycles. The minimum Gasteiger partial charge on any atom is -0.506 e. The van der Waals surface area contributed by atoms with Gasteiger partial charge in [-0.25, -0.2) is 0 Å². The molecule has 0 fully saturated rings. The van der Waals surface area contributed by atoms with Gasteiger partial charge in [-0.3, -0.25) is 4.79 Å². The topological polar surface area (TPSA) is 122 Å². The summed E-state index contributed by atoms with van der Waals surface area (Å²) in [6, 6.07) is 2.99. The normalized spacial score (nSPS) is 18.0. The summed E-state index contributed by atoms with van der Waals surface area (Å²) in [5.74, 6) is -0.687. The number of nitrogens with one attached hydrogen (secondary N) is 1. The Morgan fingerprint density at radius 2 is 2.35 bits per heavy atom. The van der Waals surface area contributed by atoms with E-state index in [0.29, 0.717) is 22.4 Å². The maximum absolute atomic E-state index is 11.3. The number of thioether (sulfide) groups is 1. The summed E-state index contributed by atoms with van der Waals surface area (Å²) >= 11 is 1.13. The summed E-state index contributed by atoms with van der Waals surface area (Å²) in [4.78, 5) is 22.1. The van der Waals surface area contributed by atoms with Crippen molar-refractivity contribution < 1.29 is 24.5 Å². The smallest absolute Gasteiger partial charge is 0.315 e. The van der Waals surface area contributed by atoms with E-state index in [1.165, 1.54) is 6.07 Å². The monoisotopic (exact) mass is 298 g/mol. The van der Waals surface area contributed by atoms with E-state index in [1.807, 2.05) is 0 Å². The lowest BCUT2D eigenvalue weighted by molar-refractivity contribution is -0.144. The number of phenols is 1. The molecule has 0 aromatic heterocycles. The van der Waals surface area contributed by atoms with E-state index in [4.69, 9.17) is 10.5 Å². The van der Waals surface area contributed by atoms with Gasteiger partial charge in [0.1, 0.15) is 18.5 Å². The van der Waals surface area contributed by atoms with Gasteiger partial charge in [0.05, 0.1) is 11.8 Å². The summed E-state index contributed by atoms with van der Waals surface area (Å²) in [7, 11) is 0. The van der Waals surface area contributed by atoms with Crippen molar-refractivity contribution in [3.8, 4) is 5.75 Å². The van der Waals surface area contributed by atoms with Gasteiger partial charge in [-0.2, -0.15) is 0 Å². The number of aromatic hydroxyl groups is 1. The van der Waals surface area contributed by atoms with Gasteiger partial charge in [0.2, 0.25) is 5.56 Å². The fourth-order valence-electron chi connectivity index (χ4n) is 1.79. The average molecular weight is 298 g/mol. The fourth-order valence-corrected chi connectivity index (χ4v) is 2.96. The molecule has 0 bridgehead atoms. The summed E-state index contributed by atoms with van der Waals surface area (Å²) in [5, 5.41) is 22.4. The summed E-state index contributed by atoms with van der Waals surface area (Å²) in [6.45, 7) is 0.0351. The van der Waals surface area contributed by atoms with E-state index in [0.717, 1.165) is 11.8 Å². The number of aliphatic hydroxyl groups is 1. The zero-order valence-corrected chi connectivity index (χ0v) is 11.2. The number of aliphatic hydroxyl groups excluding tert-OH is 1. The summed E-state index contributed by atoms with van der Waals surface area (Å²) < 4.78 is 5.02. The molecule has 2 atom stereocenters. The number of carbonyl (C=O) groups is 2. The van der Waals surface area contributed by atoms with Crippen LogP contribution in [0.1, 0.15) is 18.1 Å². The Morgan fingerprint density at radius 3 is 3.00 bits per heavy atom. The van der Waals surface area contributed by atoms with Gasteiger partial charge in [0.15, 0.2) is 0 Å². The average Bonchev–Trinajstić information content (AvgIpc) is 2.83. The Kier molecular flexibility index (Phi) is 4.48. The molecule has 20 heavy (non-hydrogen) atoms. The van der Waals surface area contributed by atoms with Gasteiger partial charge in [0, 0.05) is 11.4 Å². The summed E-state index contributed by atoms with van der Waals surface area (Å²) in [5.41, 5.74) is 5.60. The highest BCUT2D eigenvalue weighted by atomic mass is 32.2. The van der Waals surface area contributed by atoms with E-state index >= 15 is 0 Å². The maximum Gasteiger partial charge on any atom is 0.315 e. The first-order valence-electron chi connectivity index (χ1n) is 5.87. The number of carbonyl (C=O) groups excluding carboxylic acids is 2. The fraction of sp³-hybridized carbons (Fsp3) is 0.333. The number of phenolic OH excluding ortho intramolecular Hbond substituents is 1. The Bertz CT molecular complexity index is 537. The van der Waals surface area contributed by atoms with Gasteiger partial charge in [-0.15, -0.1) is 0 Å². The van der Waals surface area contributed by atoms with E-state index < -0.39 is 17.6 Å². The molecule has 0 saturated heterocycles. The Hall–Kier alpha value is -1.77. The Morgan fingerprint density at radius 1 is 1.60 bits per heavy atom. The van der Waals surface area contributed by atoms with Crippen LogP contribution in [0.2, 0.25) is 0 Å². The van der Waals surface area contributed by atoms with Crippen molar-refractivity contribution in [2.45, 2.75) is 23.0 Å². The maximum atomic E-state index is 11.3. The third kappa shape index (κ3) is 2.87. The lowest BCUT2D eigenvalue weighted by Gasteiger charge is -2.12. The minimum absolute atomic E-state index is 0.0191. The molecule has 5 N–H and O–H groups in total. The van der Waals surface area contributed by atoms with Crippen molar-refractivity contribution in [1.29, 1.82) is 0 Å². The van der Waals surface area contributed by atoms with Crippen LogP contribution in [0.4, 0.5) is 5.69 Å². The molecule has 1 aromatic carbocycles. The van der Waals surface area contributed by atoms with Gasteiger partial charge >= 0.3 is 5.97 Å². The molecule has 0 radical (unpaired) electrons. The number of aldehydes is 1. The van der Waals surface area contributed by atoms with Crippen LogP contribution in [-0.2, 0) is 14.3 Å². The number of benzene rings is 1. The van der Waals surface area contributed by atoms with Crippen molar-refractivity contribution in [1.82, 2.24) is 0 Å². The van der Waals surface area contributed by atoms with Crippen molar-refractivity contribution in [2.75, 3.05) is 11.9 Å². The van der Waals surface area contributed by atoms with Gasteiger partial charge in [-0.05, 0) is 11.6 Å². The highest BCUT2D eigenvalue weighted by Crippen LogP contribution is 2.47. The van der Waals surface area contributed by atoms with Crippen molar-refractivity contribution in [2.24, 2.45) is 5.73 Å². The first-order chi connectivity index (χ1) is 9.56. The predicted molar refractivity (Wildman–Crippen MR) is 72.2 cm³/mol. The second-order valence-electron chi connectivity index (χ2n) is 4.08. The number of ether oxygens (including phenoxy) is 1. The standard InChI is InChI=1S/C12H14N2O5S/c13-5-8(17)6-1-2-7(16)10-11(6)20-12(14-10)19-9(18)3-4-15/h1-2,4,8,12,14,16-17H,3,5,13H2. The zero-order chi connectivity index (χ0) is 14.7. The number of rotatable bonds is 5. The molecule has 2 rings (SSSR count). The zero-order valence-electron chi connectivity index (χ0n) is 10.4. The number of fused-ring (bicyclic) bond motifs is 1. The van der Waals surface area contributed by atoms with Crippen LogP contribution in [-0.4, -0.2) is 34.6 Å². The lowest BCUT2D eigenvalue weighted by atomic mass is 10.1. The van der Waals surface area contributed by atoms with Crippen LogP contribution in [0.15, 0.2) is 17.0 Å². The molecule has 0 saturated carbocycles. The van der Waals surface area contributed by atoms with Crippen LogP contribution < -0.4 is 11.1 Å². The van der Waals surface area contributed by atoms with Crippen molar-refractivity contribution in [3.05, 3.63) is 17.7 Å². The second kappa shape index (κ2) is 6.12. The van der Waals surface area contributed by atoms with Gasteiger partial charge in [-0.1, -0.05) is 17.8 Å². The molecule has 108 valence electrons. The third-order valence-corrected chi connectivity index (χ3v) is 3.83. The summed E-state index contributed by atoms with van der Waals surface area (Å²) in [6.07, 6.45) is -0.752. The van der Waals surface area contributed by atoms with E-state index in [1.54, 1.807) is 6.07 Å². The van der Waals surface area contributed by atoms with E-state index in [9.17, 15) is 19.8 Å². The number of hydrogen-bond acceptors (Lipinski definition) is 8. The molecular formula is C12H14N2O5S. The van der Waals surface area contributed by atoms with Gasteiger partial charge < -0.3 is 30.8 Å². The number of anilines is 1. The molecule has 1 aliphatic rings. The van der Waals surface area contributed by atoms with Crippen molar-refractivity contribution in [3.63, 3.8) is 0 Å². The van der Waals surface area contributed by atoms with Crippen LogP contribution in [0.3, 0.4) is 0 Å². The van der Waals surface area contributed by atoms with Crippen LogP contribution in [0.5, 0.6) is 5.75 Å². The molecule has 1 aromatic rings. The molecule has 8 heteroatoms. The minimum atomic E-state index is -0.872. The molecule has 0 aliphatic carbocycles. The third-order valence-electron chi connectivity index (χ3n) is 2.72. The Labute approximate surface area is 119 Å². The highest BCUT2D eigenvalue weighted by molar-refractivity contribution is 8.00. The van der Waals surface area contributed by atoms with Gasteiger partial charge in [0.25, 0.3) is 0 Å². The first-order valence-corrected chi connectivity index (χ1v) is 6.75. The van der Waals surface area contributed by atoms with Crippen molar-refractivity contribution >= 4 is 29.7 Å². The second-order valence-corrected chi connectivity index (χ2v) is 5.16. The molecule has 1 aliphatic heterocycles. The first kappa shape index (κ1) is 14.6. The quantitative estimate of drug-likeness (QED) is 0.265. The number of esters is 1. The largest absolute Gasteiger partial charge is 0.506 e. The van der Waals surface area contributed by atoms with E-state index in [2.05, 4.69) is 5.32 Å². The van der Waals surface area contributed by atoms with Crippen LogP contribution in [0.25, 0.3) is 0 Å². The number of nitrogens with two attached hydrogens (primary N) is 1. The highest BCUT2D eigenvalue weighted by Gasteiger charge is 2.30. The van der Waals surface area contributed by atoms with Crippen LogP contribution >= 0.6 is 11.8 Å². The Balaban J connectivity index is 2.20. The molecule has 0 spiro atoms. The molecule has 7 nitrogen and oxygen atoms in total. The SMILES string of the molecule is NCC(O)c1ccc(O)c2c1SC(OC(=O)CC=O)N2. The molecule has 0 amide bonds. The molecular weight excluding hydrogens is 284 g/mol.